The van der Waals surface area contributed by atoms with Crippen LogP contribution in [0.3, 0.4) is 0 Å². The predicted molar refractivity (Wildman–Crippen MR) is 80.2 cm³/mol. The first-order valence-corrected chi connectivity index (χ1v) is 7.20. The van der Waals surface area contributed by atoms with E-state index >= 15 is 0 Å². The summed E-state index contributed by atoms with van der Waals surface area (Å²) in [4.78, 5) is 1.60. The lowest BCUT2D eigenvalue weighted by atomic mass is 9.97. The van der Waals surface area contributed by atoms with Crippen molar-refractivity contribution in [1.82, 2.24) is 25.1 Å². The topological polar surface area (TPSA) is 128 Å². The minimum absolute atomic E-state index is 0.0983. The Morgan fingerprint density at radius 1 is 1.04 bits per heavy atom. The average molecular weight is 323 g/mol. The zero-order chi connectivity index (χ0) is 16.7. The molecule has 0 bridgehead atoms. The van der Waals surface area contributed by atoms with E-state index < -0.39 is 31.5 Å². The fraction of sp³-hybridized carbons (Fsp3) is 0.500. The molecule has 9 heteroatoms. The molecule has 9 nitrogen and oxygen atoms in total. The van der Waals surface area contributed by atoms with Gasteiger partial charge in [-0.1, -0.05) is 30.3 Å². The number of aliphatic hydroxyl groups excluding tert-OH is 4. The van der Waals surface area contributed by atoms with Crippen molar-refractivity contribution in [2.45, 2.75) is 11.7 Å². The highest BCUT2D eigenvalue weighted by Gasteiger charge is 2.41. The zero-order valence-corrected chi connectivity index (χ0v) is 12.6. The van der Waals surface area contributed by atoms with Gasteiger partial charge in [0.05, 0.1) is 32.0 Å². The maximum atomic E-state index is 9.76. The van der Waals surface area contributed by atoms with Crippen molar-refractivity contribution in [3.8, 4) is 0 Å². The molecule has 0 saturated heterocycles. The van der Waals surface area contributed by atoms with Crippen molar-refractivity contribution >= 4 is 0 Å². The van der Waals surface area contributed by atoms with Gasteiger partial charge in [-0.25, -0.2) is 4.68 Å². The van der Waals surface area contributed by atoms with Gasteiger partial charge in [-0.15, -0.1) is 5.10 Å². The summed E-state index contributed by atoms with van der Waals surface area (Å²) in [6.45, 7) is -1.61. The Morgan fingerprint density at radius 2 is 1.70 bits per heavy atom. The first-order valence-electron chi connectivity index (χ1n) is 7.20. The molecular weight excluding hydrogens is 302 g/mol. The van der Waals surface area contributed by atoms with Crippen LogP contribution < -0.4 is 0 Å². The SMILES string of the molecule is OCCN(C(c1ccccc1)n1cnnn1)C(CO)(CO)CO. The van der Waals surface area contributed by atoms with Crippen LogP contribution in [0.25, 0.3) is 0 Å². The molecule has 0 radical (unpaired) electrons. The molecule has 1 atom stereocenters. The highest BCUT2D eigenvalue weighted by atomic mass is 16.3. The fourth-order valence-electron chi connectivity index (χ4n) is 2.53. The molecule has 2 aromatic rings. The van der Waals surface area contributed by atoms with Crippen LogP contribution >= 0.6 is 0 Å². The van der Waals surface area contributed by atoms with E-state index in [1.165, 1.54) is 11.0 Å². The third-order valence-electron chi connectivity index (χ3n) is 3.84. The summed E-state index contributed by atoms with van der Waals surface area (Å²) in [5, 5.41) is 49.9. The zero-order valence-electron chi connectivity index (χ0n) is 12.6. The molecule has 4 N–H and O–H groups in total. The van der Waals surface area contributed by atoms with E-state index in [0.29, 0.717) is 0 Å². The third-order valence-corrected chi connectivity index (χ3v) is 3.84. The van der Waals surface area contributed by atoms with Crippen LogP contribution in [-0.4, -0.2) is 84.0 Å². The summed E-state index contributed by atoms with van der Waals surface area (Å²) in [6.07, 6.45) is 0.795. The van der Waals surface area contributed by atoms with Crippen molar-refractivity contribution in [2.75, 3.05) is 33.0 Å². The number of hydrogen-bond donors (Lipinski definition) is 4. The second-order valence-corrected chi connectivity index (χ2v) is 5.19. The van der Waals surface area contributed by atoms with Gasteiger partial charge in [0.15, 0.2) is 0 Å². The Bertz CT molecular complexity index is 554. The molecule has 0 amide bonds. The minimum atomic E-state index is -1.34. The molecular formula is C14H21N5O4. The van der Waals surface area contributed by atoms with Crippen LogP contribution in [0.4, 0.5) is 0 Å². The molecule has 1 heterocycles. The number of rotatable bonds is 9. The number of nitrogens with zero attached hydrogens (tertiary/aromatic N) is 5. The second-order valence-electron chi connectivity index (χ2n) is 5.19. The number of hydrogen-bond acceptors (Lipinski definition) is 8. The van der Waals surface area contributed by atoms with Gasteiger partial charge in [0.2, 0.25) is 0 Å². The lowest BCUT2D eigenvalue weighted by Gasteiger charge is -2.44. The molecule has 2 rings (SSSR count). The Hall–Kier alpha value is -1.91. The molecule has 0 aliphatic carbocycles. The molecule has 0 fully saturated rings. The number of β-amino-alcohol motifs (C(OH)–C–C–N with tert-alkyl or cyclic N) is 1. The van der Waals surface area contributed by atoms with E-state index in [1.54, 1.807) is 4.90 Å². The number of tetrazole rings is 1. The van der Waals surface area contributed by atoms with E-state index in [-0.39, 0.29) is 13.2 Å². The van der Waals surface area contributed by atoms with E-state index in [2.05, 4.69) is 15.5 Å². The Morgan fingerprint density at radius 3 is 2.17 bits per heavy atom. The van der Waals surface area contributed by atoms with Crippen LogP contribution in [-0.2, 0) is 0 Å². The highest BCUT2D eigenvalue weighted by molar-refractivity contribution is 5.20. The van der Waals surface area contributed by atoms with Gasteiger partial charge >= 0.3 is 0 Å². The molecule has 0 aliphatic heterocycles. The van der Waals surface area contributed by atoms with Gasteiger partial charge in [0, 0.05) is 6.54 Å². The fourth-order valence-corrected chi connectivity index (χ4v) is 2.53. The second kappa shape index (κ2) is 8.09. The van der Waals surface area contributed by atoms with Gasteiger partial charge in [-0.05, 0) is 16.0 Å². The first kappa shape index (κ1) is 17.4. The van der Waals surface area contributed by atoms with Gasteiger partial charge in [0.1, 0.15) is 12.5 Å². The lowest BCUT2D eigenvalue weighted by Crippen LogP contribution is -2.60. The van der Waals surface area contributed by atoms with Crippen molar-refractivity contribution < 1.29 is 20.4 Å². The van der Waals surface area contributed by atoms with Gasteiger partial charge in [-0.2, -0.15) is 0 Å². The number of benzene rings is 1. The van der Waals surface area contributed by atoms with Crippen LogP contribution in [0, 0.1) is 0 Å². The van der Waals surface area contributed by atoms with Crippen LogP contribution in [0.5, 0.6) is 0 Å². The molecule has 1 aromatic heterocycles. The maximum absolute atomic E-state index is 9.76. The largest absolute Gasteiger partial charge is 0.395 e. The van der Waals surface area contributed by atoms with E-state index in [0.717, 1.165) is 5.56 Å². The van der Waals surface area contributed by atoms with E-state index in [9.17, 15) is 20.4 Å². The minimum Gasteiger partial charge on any atom is -0.395 e. The molecule has 0 aliphatic rings. The summed E-state index contributed by atoms with van der Waals surface area (Å²) < 4.78 is 1.45. The van der Waals surface area contributed by atoms with Crippen molar-refractivity contribution in [1.29, 1.82) is 0 Å². The predicted octanol–water partition coefficient (Wildman–Crippen LogP) is -1.77. The molecule has 0 saturated carbocycles. The normalized spacial score (nSPS) is 13.4. The highest BCUT2D eigenvalue weighted by Crippen LogP contribution is 2.29. The van der Waals surface area contributed by atoms with Crippen molar-refractivity contribution in [3.05, 3.63) is 42.2 Å². The van der Waals surface area contributed by atoms with E-state index in [1.807, 2.05) is 30.3 Å². The van der Waals surface area contributed by atoms with Gasteiger partial charge in [-0.3, -0.25) is 4.90 Å². The molecule has 1 unspecified atom stereocenters. The van der Waals surface area contributed by atoms with Crippen LogP contribution in [0.1, 0.15) is 11.7 Å². The molecule has 23 heavy (non-hydrogen) atoms. The molecule has 126 valence electrons. The van der Waals surface area contributed by atoms with Crippen LogP contribution in [0.15, 0.2) is 36.7 Å². The summed E-state index contributed by atoms with van der Waals surface area (Å²) in [6, 6.07) is 9.21. The van der Waals surface area contributed by atoms with Gasteiger partial charge < -0.3 is 20.4 Å². The maximum Gasteiger partial charge on any atom is 0.140 e. The van der Waals surface area contributed by atoms with Crippen molar-refractivity contribution in [3.63, 3.8) is 0 Å². The quantitative estimate of drug-likeness (QED) is 0.427. The third kappa shape index (κ3) is 3.54. The summed E-state index contributed by atoms with van der Waals surface area (Å²) in [7, 11) is 0. The van der Waals surface area contributed by atoms with Gasteiger partial charge in [0.25, 0.3) is 0 Å². The average Bonchev–Trinajstić information content (AvgIpc) is 3.12. The summed E-state index contributed by atoms with van der Waals surface area (Å²) in [5.74, 6) is 0. The number of aromatic nitrogens is 4. The molecule has 1 aromatic carbocycles. The van der Waals surface area contributed by atoms with E-state index in [4.69, 9.17) is 0 Å². The lowest BCUT2D eigenvalue weighted by molar-refractivity contribution is -0.0830. The Kier molecular flexibility index (Phi) is 6.13. The monoisotopic (exact) mass is 323 g/mol. The van der Waals surface area contributed by atoms with Crippen LogP contribution in [0.2, 0.25) is 0 Å². The molecule has 0 spiro atoms. The first-order chi connectivity index (χ1) is 11.2. The number of aliphatic hydroxyl groups is 4. The standard InChI is InChI=1S/C14H21N5O4/c20-7-6-18(14(8-21,9-22)10-23)13(19-11-15-16-17-19)12-4-2-1-3-5-12/h1-5,11,13,20-23H,6-10H2. The summed E-state index contributed by atoms with van der Waals surface area (Å²) in [5.41, 5.74) is -0.553. The Balaban J connectivity index is 2.53. The summed E-state index contributed by atoms with van der Waals surface area (Å²) >= 11 is 0. The Labute approximate surface area is 133 Å². The smallest absolute Gasteiger partial charge is 0.140 e. The van der Waals surface area contributed by atoms with Crippen molar-refractivity contribution in [2.24, 2.45) is 0 Å².